The smallest absolute Gasteiger partial charge is 0.303 e. The van der Waals surface area contributed by atoms with Gasteiger partial charge in [-0.15, -0.1) is 11.3 Å². The van der Waals surface area contributed by atoms with Gasteiger partial charge in [0, 0.05) is 17.8 Å². The number of aryl methyl sites for hydroxylation is 1. The Morgan fingerprint density at radius 1 is 1.52 bits per heavy atom. The lowest BCUT2D eigenvalue weighted by atomic mass is 9.87. The maximum absolute atomic E-state index is 10.6. The lowest BCUT2D eigenvalue weighted by molar-refractivity contribution is -0.137. The predicted octanol–water partition coefficient (Wildman–Crippen LogP) is 3.41. The fraction of sp³-hybridized carbons (Fsp3) is 0.533. The molecule has 1 aliphatic rings. The van der Waals surface area contributed by atoms with Crippen LogP contribution in [0.4, 0.5) is 5.82 Å². The lowest BCUT2D eigenvalue weighted by Crippen LogP contribution is -2.08. The second-order valence-corrected chi connectivity index (χ2v) is 6.64. The molecule has 112 valence electrons. The molecule has 1 atom stereocenters. The highest BCUT2D eigenvalue weighted by molar-refractivity contribution is 7.19. The minimum Gasteiger partial charge on any atom is -0.481 e. The van der Waals surface area contributed by atoms with Crippen LogP contribution in [0.1, 0.15) is 49.0 Å². The third-order valence-electron chi connectivity index (χ3n) is 4.00. The Hall–Kier alpha value is -1.69. The van der Waals surface area contributed by atoms with E-state index in [0.29, 0.717) is 18.9 Å². The molecule has 21 heavy (non-hydrogen) atoms. The van der Waals surface area contributed by atoms with Crippen LogP contribution < -0.4 is 5.32 Å². The first-order valence-corrected chi connectivity index (χ1v) is 8.20. The van der Waals surface area contributed by atoms with Crippen molar-refractivity contribution in [2.45, 2.75) is 44.9 Å². The molecule has 0 saturated carbocycles. The number of anilines is 1. The van der Waals surface area contributed by atoms with E-state index < -0.39 is 5.97 Å². The van der Waals surface area contributed by atoms with E-state index in [0.717, 1.165) is 22.5 Å². The molecule has 0 radical (unpaired) electrons. The average molecular weight is 305 g/mol. The van der Waals surface area contributed by atoms with Crippen molar-refractivity contribution in [2.75, 3.05) is 11.9 Å². The summed E-state index contributed by atoms with van der Waals surface area (Å²) in [5, 5.41) is 13.1. The molecule has 0 spiro atoms. The quantitative estimate of drug-likeness (QED) is 0.828. The maximum Gasteiger partial charge on any atom is 0.303 e. The normalized spacial score (nSPS) is 17.7. The van der Waals surface area contributed by atoms with Gasteiger partial charge in [-0.05, 0) is 37.2 Å². The van der Waals surface area contributed by atoms with Gasteiger partial charge in [0.2, 0.25) is 0 Å². The molecule has 0 bridgehead atoms. The number of hydrogen-bond acceptors (Lipinski definition) is 5. The van der Waals surface area contributed by atoms with Crippen LogP contribution in [-0.4, -0.2) is 27.6 Å². The van der Waals surface area contributed by atoms with Gasteiger partial charge >= 0.3 is 5.97 Å². The van der Waals surface area contributed by atoms with Gasteiger partial charge in [0.15, 0.2) is 0 Å². The van der Waals surface area contributed by atoms with Gasteiger partial charge in [0.1, 0.15) is 17.0 Å². The van der Waals surface area contributed by atoms with Crippen molar-refractivity contribution in [1.82, 2.24) is 9.97 Å². The fourth-order valence-corrected chi connectivity index (χ4v) is 4.30. The Balaban J connectivity index is 1.88. The van der Waals surface area contributed by atoms with Crippen molar-refractivity contribution < 1.29 is 9.90 Å². The Labute approximate surface area is 127 Å². The number of nitrogens with zero attached hydrogens (tertiary/aromatic N) is 2. The molecule has 3 rings (SSSR count). The van der Waals surface area contributed by atoms with Crippen LogP contribution in [0, 0.1) is 0 Å². The van der Waals surface area contributed by atoms with Gasteiger partial charge < -0.3 is 10.4 Å². The first-order chi connectivity index (χ1) is 10.2. The highest BCUT2D eigenvalue weighted by atomic mass is 32.1. The molecule has 5 nitrogen and oxygen atoms in total. The molecule has 0 aromatic carbocycles. The summed E-state index contributed by atoms with van der Waals surface area (Å²) in [5.74, 6) is 0.649. The van der Waals surface area contributed by atoms with Crippen molar-refractivity contribution in [3.05, 3.63) is 16.8 Å². The van der Waals surface area contributed by atoms with Crippen molar-refractivity contribution in [3.63, 3.8) is 0 Å². The summed E-state index contributed by atoms with van der Waals surface area (Å²) in [4.78, 5) is 21.8. The highest BCUT2D eigenvalue weighted by Crippen LogP contribution is 2.43. The van der Waals surface area contributed by atoms with E-state index in [1.54, 1.807) is 17.7 Å². The number of fused-ring (bicyclic) bond motifs is 3. The summed E-state index contributed by atoms with van der Waals surface area (Å²) >= 11 is 1.78. The molecule has 2 heterocycles. The molecule has 0 fully saturated rings. The van der Waals surface area contributed by atoms with Crippen molar-refractivity contribution in [2.24, 2.45) is 0 Å². The van der Waals surface area contributed by atoms with E-state index >= 15 is 0 Å². The zero-order valence-corrected chi connectivity index (χ0v) is 12.9. The fourth-order valence-electron chi connectivity index (χ4n) is 3.00. The monoisotopic (exact) mass is 305 g/mol. The van der Waals surface area contributed by atoms with Crippen LogP contribution >= 0.6 is 11.3 Å². The van der Waals surface area contributed by atoms with Gasteiger partial charge in [-0.3, -0.25) is 4.79 Å². The summed E-state index contributed by atoms with van der Waals surface area (Å²) in [5.41, 5.74) is 1.41. The van der Waals surface area contributed by atoms with Gasteiger partial charge in [0.25, 0.3) is 0 Å². The first kappa shape index (κ1) is 14.3. The molecular weight excluding hydrogens is 286 g/mol. The summed E-state index contributed by atoms with van der Waals surface area (Å²) in [6.07, 6.45) is 5.97. The molecule has 0 aliphatic heterocycles. The van der Waals surface area contributed by atoms with Crippen molar-refractivity contribution in [1.29, 1.82) is 0 Å². The van der Waals surface area contributed by atoms with Crippen LogP contribution in [0.25, 0.3) is 10.2 Å². The number of rotatable bonds is 5. The minimum atomic E-state index is -0.758. The van der Waals surface area contributed by atoms with Crippen LogP contribution in [0.2, 0.25) is 0 Å². The predicted molar refractivity (Wildman–Crippen MR) is 84.1 cm³/mol. The molecule has 0 saturated heterocycles. The van der Waals surface area contributed by atoms with E-state index in [9.17, 15) is 4.79 Å². The van der Waals surface area contributed by atoms with E-state index in [4.69, 9.17) is 5.11 Å². The number of carbonyl (C=O) groups is 1. The molecular formula is C15H19N3O2S. The number of nitrogens with one attached hydrogen (secondary N) is 1. The van der Waals surface area contributed by atoms with Gasteiger partial charge in [0.05, 0.1) is 5.39 Å². The number of aromatic nitrogens is 2. The SMILES string of the molecule is C[C@H]1CCCc2sc3ncnc(NCCCC(=O)O)c3c21. The van der Waals surface area contributed by atoms with Crippen LogP contribution in [0.15, 0.2) is 6.33 Å². The Kier molecular flexibility index (Phi) is 4.05. The summed E-state index contributed by atoms with van der Waals surface area (Å²) in [6.45, 7) is 2.89. The summed E-state index contributed by atoms with van der Waals surface area (Å²) < 4.78 is 0. The molecule has 6 heteroatoms. The largest absolute Gasteiger partial charge is 0.481 e. The van der Waals surface area contributed by atoms with E-state index in [-0.39, 0.29) is 6.42 Å². The summed E-state index contributed by atoms with van der Waals surface area (Å²) in [7, 11) is 0. The number of aliphatic carboxylic acids is 1. The van der Waals surface area contributed by atoms with Gasteiger partial charge in [-0.1, -0.05) is 6.92 Å². The van der Waals surface area contributed by atoms with Gasteiger partial charge in [-0.2, -0.15) is 0 Å². The molecule has 1 aliphatic carbocycles. The third kappa shape index (κ3) is 2.85. The zero-order chi connectivity index (χ0) is 14.8. The maximum atomic E-state index is 10.6. The van der Waals surface area contributed by atoms with Crippen molar-refractivity contribution >= 4 is 33.3 Å². The standard InChI is InChI=1S/C15H19N3O2S/c1-9-4-2-5-10-12(9)13-14(16-7-3-6-11(19)20)17-8-18-15(13)21-10/h8-9H,2-7H2,1H3,(H,19,20)(H,16,17,18)/t9-/m0/s1. The Morgan fingerprint density at radius 2 is 2.38 bits per heavy atom. The molecule has 2 aromatic heterocycles. The summed E-state index contributed by atoms with van der Waals surface area (Å²) in [6, 6.07) is 0. The minimum absolute atomic E-state index is 0.180. The number of thiophene rings is 1. The van der Waals surface area contributed by atoms with Crippen LogP contribution in [0.5, 0.6) is 0 Å². The third-order valence-corrected chi connectivity index (χ3v) is 5.17. The number of hydrogen-bond donors (Lipinski definition) is 2. The highest BCUT2D eigenvalue weighted by Gasteiger charge is 2.24. The van der Waals surface area contributed by atoms with Gasteiger partial charge in [-0.25, -0.2) is 9.97 Å². The zero-order valence-electron chi connectivity index (χ0n) is 12.1. The first-order valence-electron chi connectivity index (χ1n) is 7.38. The molecule has 2 aromatic rings. The second-order valence-electron chi connectivity index (χ2n) is 5.56. The Morgan fingerprint density at radius 3 is 3.19 bits per heavy atom. The molecule has 2 N–H and O–H groups in total. The van der Waals surface area contributed by atoms with E-state index in [1.165, 1.54) is 23.3 Å². The van der Waals surface area contributed by atoms with Crippen molar-refractivity contribution in [3.8, 4) is 0 Å². The lowest BCUT2D eigenvalue weighted by Gasteiger charge is -2.19. The van der Waals surface area contributed by atoms with E-state index in [2.05, 4.69) is 22.2 Å². The van der Waals surface area contributed by atoms with E-state index in [1.807, 2.05) is 0 Å². The molecule has 0 unspecified atom stereocenters. The number of carboxylic acids is 1. The van der Waals surface area contributed by atoms with Crippen LogP contribution in [-0.2, 0) is 11.2 Å². The Bertz CT molecular complexity index is 668. The molecule has 0 amide bonds. The average Bonchev–Trinajstić information content (AvgIpc) is 2.83. The second kappa shape index (κ2) is 5.97. The van der Waals surface area contributed by atoms with Crippen LogP contribution in [0.3, 0.4) is 0 Å². The topological polar surface area (TPSA) is 75.1 Å². The number of carboxylic acid groups (broad SMARTS) is 1.